The van der Waals surface area contributed by atoms with Gasteiger partial charge in [-0.2, -0.15) is 13.2 Å². The van der Waals surface area contributed by atoms with E-state index in [1.165, 1.54) is 24.3 Å². The number of nitrogens with one attached hydrogen (secondary N) is 1. The van der Waals surface area contributed by atoms with Crippen molar-refractivity contribution in [2.45, 2.75) is 19.6 Å². The van der Waals surface area contributed by atoms with Gasteiger partial charge in [0.25, 0.3) is 0 Å². The van der Waals surface area contributed by atoms with Crippen LogP contribution in [0.25, 0.3) is 6.08 Å². The van der Waals surface area contributed by atoms with E-state index in [0.29, 0.717) is 17.8 Å². The van der Waals surface area contributed by atoms with E-state index >= 15 is 0 Å². The van der Waals surface area contributed by atoms with Gasteiger partial charge in [0.1, 0.15) is 5.82 Å². The van der Waals surface area contributed by atoms with Gasteiger partial charge in [0.15, 0.2) is 0 Å². The average Bonchev–Trinajstić information content (AvgIpc) is 3.06. The Kier molecular flexibility index (Phi) is 5.63. The summed E-state index contributed by atoms with van der Waals surface area (Å²) in [7, 11) is 0. The number of anilines is 1. The fourth-order valence-electron chi connectivity index (χ4n) is 2.64. The monoisotopic (exact) mass is 385 g/mol. The molecule has 0 bridgehead atoms. The van der Waals surface area contributed by atoms with Crippen molar-refractivity contribution in [3.05, 3.63) is 89.5 Å². The van der Waals surface area contributed by atoms with E-state index < -0.39 is 17.6 Å². The number of aromatic nitrogens is 2. The minimum Gasteiger partial charge on any atom is -0.331 e. The van der Waals surface area contributed by atoms with E-state index in [-0.39, 0.29) is 0 Å². The molecule has 0 unspecified atom stereocenters. The predicted molar refractivity (Wildman–Crippen MR) is 102 cm³/mol. The first-order chi connectivity index (χ1) is 13.3. The third-order valence-electron chi connectivity index (χ3n) is 4.14. The van der Waals surface area contributed by atoms with Crippen molar-refractivity contribution < 1.29 is 18.0 Å². The maximum Gasteiger partial charge on any atom is 0.416 e. The number of benzene rings is 2. The van der Waals surface area contributed by atoms with Gasteiger partial charge in [-0.25, -0.2) is 4.98 Å². The minimum atomic E-state index is -4.41. The van der Waals surface area contributed by atoms with Crippen molar-refractivity contribution in [1.82, 2.24) is 9.55 Å². The minimum absolute atomic E-state index is 0.302. The molecular weight excluding hydrogens is 367 g/mol. The van der Waals surface area contributed by atoms with Crippen molar-refractivity contribution in [3.8, 4) is 0 Å². The highest BCUT2D eigenvalue weighted by Gasteiger charge is 2.30. The van der Waals surface area contributed by atoms with E-state index in [9.17, 15) is 18.0 Å². The molecule has 0 saturated carbocycles. The quantitative estimate of drug-likeness (QED) is 0.635. The number of nitrogens with zero attached hydrogens (tertiary/aromatic N) is 2. The summed E-state index contributed by atoms with van der Waals surface area (Å²) in [6.45, 7) is 2.60. The van der Waals surface area contributed by atoms with Crippen molar-refractivity contribution >= 4 is 17.7 Å². The molecule has 1 aromatic heterocycles. The van der Waals surface area contributed by atoms with Gasteiger partial charge in [-0.15, -0.1) is 0 Å². The lowest BCUT2D eigenvalue weighted by molar-refractivity contribution is -0.137. The number of alkyl halides is 3. The lowest BCUT2D eigenvalue weighted by Crippen LogP contribution is -2.08. The average molecular weight is 385 g/mol. The Morgan fingerprint density at radius 3 is 2.57 bits per heavy atom. The molecule has 0 aliphatic heterocycles. The Hall–Kier alpha value is -3.35. The molecule has 0 aliphatic rings. The number of carbonyl (C=O) groups excluding carboxylic acids is 1. The van der Waals surface area contributed by atoms with Crippen LogP contribution in [-0.4, -0.2) is 15.5 Å². The molecular formula is C21H18F3N3O. The van der Waals surface area contributed by atoms with Crippen molar-refractivity contribution in [3.63, 3.8) is 0 Å². The highest BCUT2D eigenvalue weighted by Crippen LogP contribution is 2.29. The zero-order chi connectivity index (χ0) is 20.1. The summed E-state index contributed by atoms with van der Waals surface area (Å²) >= 11 is 0. The fourth-order valence-corrected chi connectivity index (χ4v) is 2.64. The summed E-state index contributed by atoms with van der Waals surface area (Å²) in [5.74, 6) is 0.493. The van der Waals surface area contributed by atoms with Gasteiger partial charge in [-0.05, 0) is 48.4 Å². The molecule has 0 saturated heterocycles. The van der Waals surface area contributed by atoms with E-state index in [2.05, 4.69) is 10.3 Å². The summed E-state index contributed by atoms with van der Waals surface area (Å²) in [5.41, 5.74) is 1.21. The Bertz CT molecular complexity index is 989. The number of halogens is 3. The van der Waals surface area contributed by atoms with Crippen LogP contribution in [0.4, 0.5) is 18.9 Å². The molecule has 2 aromatic carbocycles. The van der Waals surface area contributed by atoms with Crippen LogP contribution in [0.5, 0.6) is 0 Å². The summed E-state index contributed by atoms with van der Waals surface area (Å²) < 4.78 is 40.2. The fraction of sp³-hybridized carbons (Fsp3) is 0.143. The van der Waals surface area contributed by atoms with Crippen molar-refractivity contribution in [2.24, 2.45) is 0 Å². The standard InChI is InChI=1S/C21H18F3N3O/c1-15-25-11-12-27(15)14-17-5-8-19(9-6-17)26-20(28)10-7-16-3-2-4-18(13-16)21(22,23)24/h2-13H,14H2,1H3,(H,26,28)/b10-7+. The molecule has 7 heteroatoms. The zero-order valence-electron chi connectivity index (χ0n) is 15.1. The van der Waals surface area contributed by atoms with E-state index in [1.807, 2.05) is 29.8 Å². The number of imidazole rings is 1. The van der Waals surface area contributed by atoms with Crippen molar-refractivity contribution in [1.29, 1.82) is 0 Å². The Morgan fingerprint density at radius 2 is 1.93 bits per heavy atom. The Balaban J connectivity index is 1.60. The van der Waals surface area contributed by atoms with Crippen LogP contribution < -0.4 is 5.32 Å². The molecule has 0 aliphatic carbocycles. The van der Waals surface area contributed by atoms with Crippen LogP contribution in [0.3, 0.4) is 0 Å². The highest BCUT2D eigenvalue weighted by molar-refractivity contribution is 6.01. The molecule has 1 amide bonds. The van der Waals surface area contributed by atoms with E-state index in [0.717, 1.165) is 23.5 Å². The van der Waals surface area contributed by atoms with Gasteiger partial charge >= 0.3 is 6.18 Å². The Labute approximate surface area is 160 Å². The highest BCUT2D eigenvalue weighted by atomic mass is 19.4. The van der Waals surface area contributed by atoms with Gasteiger partial charge in [0.05, 0.1) is 5.56 Å². The second-order valence-corrected chi connectivity index (χ2v) is 6.25. The van der Waals surface area contributed by atoms with Crippen LogP contribution in [0.15, 0.2) is 67.0 Å². The van der Waals surface area contributed by atoms with Gasteiger partial charge < -0.3 is 9.88 Å². The largest absolute Gasteiger partial charge is 0.416 e. The molecule has 1 heterocycles. The first-order valence-corrected chi connectivity index (χ1v) is 8.54. The summed E-state index contributed by atoms with van der Waals surface area (Å²) in [6, 6.07) is 12.1. The van der Waals surface area contributed by atoms with Crippen LogP contribution in [0, 0.1) is 6.92 Å². The van der Waals surface area contributed by atoms with E-state index in [1.54, 1.807) is 18.3 Å². The van der Waals surface area contributed by atoms with Gasteiger partial charge in [-0.3, -0.25) is 4.79 Å². The molecule has 28 heavy (non-hydrogen) atoms. The van der Waals surface area contributed by atoms with Crippen LogP contribution >= 0.6 is 0 Å². The normalized spacial score (nSPS) is 11.7. The van der Waals surface area contributed by atoms with Crippen molar-refractivity contribution in [2.75, 3.05) is 5.32 Å². The smallest absolute Gasteiger partial charge is 0.331 e. The van der Waals surface area contributed by atoms with Crippen LogP contribution in [0.2, 0.25) is 0 Å². The predicted octanol–water partition coefficient (Wildman–Crippen LogP) is 4.91. The van der Waals surface area contributed by atoms with E-state index in [4.69, 9.17) is 0 Å². The molecule has 1 N–H and O–H groups in total. The third-order valence-corrected chi connectivity index (χ3v) is 4.14. The molecule has 3 aromatic rings. The molecule has 0 spiro atoms. The van der Waals surface area contributed by atoms with Crippen LogP contribution in [0.1, 0.15) is 22.5 Å². The number of hydrogen-bond acceptors (Lipinski definition) is 2. The topological polar surface area (TPSA) is 46.9 Å². The first-order valence-electron chi connectivity index (χ1n) is 8.54. The number of rotatable bonds is 5. The first kappa shape index (κ1) is 19.4. The maximum absolute atomic E-state index is 12.7. The van der Waals surface area contributed by atoms with Gasteiger partial charge in [-0.1, -0.05) is 24.3 Å². The third kappa shape index (κ3) is 5.09. The molecule has 0 atom stereocenters. The lowest BCUT2D eigenvalue weighted by Gasteiger charge is -2.07. The zero-order valence-corrected chi connectivity index (χ0v) is 15.1. The summed E-state index contributed by atoms with van der Waals surface area (Å²) in [5, 5.41) is 2.69. The molecule has 0 fully saturated rings. The van der Waals surface area contributed by atoms with Gasteiger partial charge in [0.2, 0.25) is 5.91 Å². The molecule has 3 rings (SSSR count). The van der Waals surface area contributed by atoms with Crippen LogP contribution in [-0.2, 0) is 17.5 Å². The second-order valence-electron chi connectivity index (χ2n) is 6.25. The summed E-state index contributed by atoms with van der Waals surface area (Å²) in [6.07, 6.45) is 1.77. The number of aryl methyl sites for hydroxylation is 1. The maximum atomic E-state index is 12.7. The Morgan fingerprint density at radius 1 is 1.18 bits per heavy atom. The molecule has 144 valence electrons. The molecule has 0 radical (unpaired) electrons. The summed E-state index contributed by atoms with van der Waals surface area (Å²) in [4.78, 5) is 16.2. The molecule has 4 nitrogen and oxygen atoms in total. The lowest BCUT2D eigenvalue weighted by atomic mass is 10.1. The number of hydrogen-bond donors (Lipinski definition) is 1. The number of amides is 1. The number of carbonyl (C=O) groups is 1. The SMILES string of the molecule is Cc1nccn1Cc1ccc(NC(=O)/C=C/c2cccc(C(F)(F)F)c2)cc1. The van der Waals surface area contributed by atoms with Gasteiger partial charge in [0, 0.05) is 30.7 Å². The second kappa shape index (κ2) is 8.12.